The molecular weight excluding hydrogens is 476 g/mol. The molecule has 2 aromatic rings. The number of aliphatic hydroxyl groups is 2. The summed E-state index contributed by atoms with van der Waals surface area (Å²) in [5, 5.41) is 21.0. The zero-order chi connectivity index (χ0) is 23.0. The summed E-state index contributed by atoms with van der Waals surface area (Å²) in [6.45, 7) is 2.91. The molecule has 1 aliphatic heterocycles. The highest BCUT2D eigenvalue weighted by atomic mass is 32.2. The molecule has 7 N–H and O–H groups in total. The number of aliphatic hydroxyl groups excluding tert-OH is 2. The summed E-state index contributed by atoms with van der Waals surface area (Å²) in [6, 6.07) is 0. The molecule has 172 valence electrons. The van der Waals surface area contributed by atoms with Gasteiger partial charge in [0.2, 0.25) is 0 Å². The quantitative estimate of drug-likeness (QED) is 0.113. The van der Waals surface area contributed by atoms with E-state index in [1.54, 1.807) is 6.08 Å². The summed E-state index contributed by atoms with van der Waals surface area (Å²) in [6.07, 6.45) is -2.56. The SMILES string of the molecule is C=CCSc1nc(N)c2ncn([C@@H]3O[C@H](COP(=O)(O)CP(=O)(O)O)[C@@H](O)[C@H]3O)c2n1. The van der Waals surface area contributed by atoms with Crippen LogP contribution in [0.4, 0.5) is 5.82 Å². The zero-order valence-electron chi connectivity index (χ0n) is 15.8. The lowest BCUT2D eigenvalue weighted by atomic mass is 10.1. The molecule has 0 amide bonds. The van der Waals surface area contributed by atoms with Crippen LogP contribution < -0.4 is 5.73 Å². The number of rotatable bonds is 9. The van der Waals surface area contributed by atoms with Crippen molar-refractivity contribution in [2.24, 2.45) is 0 Å². The fourth-order valence-electron chi connectivity index (χ4n) is 2.86. The molecule has 0 bridgehead atoms. The number of thioether (sulfide) groups is 1. The molecule has 1 unspecified atom stereocenters. The molecule has 0 spiro atoms. The highest BCUT2D eigenvalue weighted by molar-refractivity contribution is 7.99. The molecule has 5 atom stereocenters. The van der Waals surface area contributed by atoms with Crippen molar-refractivity contribution in [1.29, 1.82) is 0 Å². The van der Waals surface area contributed by atoms with Crippen LogP contribution in [0.2, 0.25) is 0 Å². The third kappa shape index (κ3) is 5.71. The molecule has 0 saturated carbocycles. The average molecular weight is 497 g/mol. The van der Waals surface area contributed by atoms with Gasteiger partial charge in [-0.3, -0.25) is 13.7 Å². The fraction of sp³-hybridized carbons (Fsp3) is 0.500. The molecule has 1 aliphatic rings. The monoisotopic (exact) mass is 497 g/mol. The lowest BCUT2D eigenvalue weighted by molar-refractivity contribution is -0.0484. The van der Waals surface area contributed by atoms with E-state index in [2.05, 4.69) is 26.1 Å². The summed E-state index contributed by atoms with van der Waals surface area (Å²) >= 11 is 1.26. The molecule has 17 heteroatoms. The Morgan fingerprint density at radius 2 is 2.00 bits per heavy atom. The number of nitrogens with zero attached hydrogens (tertiary/aromatic N) is 4. The lowest BCUT2D eigenvalue weighted by Gasteiger charge is -2.18. The van der Waals surface area contributed by atoms with Gasteiger partial charge in [0, 0.05) is 5.75 Å². The molecule has 1 saturated heterocycles. The highest BCUT2D eigenvalue weighted by Gasteiger charge is 2.45. The Hall–Kier alpha value is -1.38. The average Bonchev–Trinajstić information content (AvgIpc) is 3.19. The maximum Gasteiger partial charge on any atom is 0.340 e. The second kappa shape index (κ2) is 9.24. The Labute approximate surface area is 179 Å². The van der Waals surface area contributed by atoms with Crippen molar-refractivity contribution in [1.82, 2.24) is 19.5 Å². The summed E-state index contributed by atoms with van der Waals surface area (Å²) in [5.41, 5.74) is 6.39. The molecule has 31 heavy (non-hydrogen) atoms. The van der Waals surface area contributed by atoms with E-state index >= 15 is 0 Å². The predicted molar refractivity (Wildman–Crippen MR) is 109 cm³/mol. The van der Waals surface area contributed by atoms with Gasteiger partial charge >= 0.3 is 15.2 Å². The third-order valence-corrected chi connectivity index (χ3v) is 8.47. The smallest absolute Gasteiger partial charge is 0.340 e. The van der Waals surface area contributed by atoms with E-state index < -0.39 is 52.2 Å². The fourth-order valence-corrected chi connectivity index (χ4v) is 6.01. The lowest BCUT2D eigenvalue weighted by Crippen LogP contribution is -2.33. The van der Waals surface area contributed by atoms with Gasteiger partial charge in [0.05, 0.1) is 12.9 Å². The van der Waals surface area contributed by atoms with Crippen molar-refractivity contribution in [2.75, 3.05) is 24.0 Å². The van der Waals surface area contributed by atoms with Crippen LogP contribution >= 0.6 is 27.0 Å². The van der Waals surface area contributed by atoms with Gasteiger partial charge in [-0.05, 0) is 0 Å². The van der Waals surface area contributed by atoms with Gasteiger partial charge < -0.3 is 39.9 Å². The first-order chi connectivity index (χ1) is 14.4. The molecule has 3 heterocycles. The van der Waals surface area contributed by atoms with E-state index in [0.717, 1.165) is 0 Å². The van der Waals surface area contributed by atoms with E-state index in [0.29, 0.717) is 10.9 Å². The number of anilines is 1. The highest BCUT2D eigenvalue weighted by Crippen LogP contribution is 2.55. The normalized spacial score (nSPS) is 26.2. The maximum atomic E-state index is 11.8. The number of aromatic nitrogens is 4. The second-order valence-electron chi connectivity index (χ2n) is 6.60. The number of nitrogen functional groups attached to an aromatic ring is 1. The van der Waals surface area contributed by atoms with Crippen molar-refractivity contribution in [3.05, 3.63) is 19.0 Å². The Balaban J connectivity index is 1.80. The van der Waals surface area contributed by atoms with E-state index in [1.165, 1.54) is 22.7 Å². The van der Waals surface area contributed by atoms with Gasteiger partial charge in [-0.2, -0.15) is 0 Å². The number of ether oxygens (including phenoxy) is 1. The van der Waals surface area contributed by atoms with Crippen LogP contribution in [-0.4, -0.2) is 81.0 Å². The molecule has 1 fully saturated rings. The summed E-state index contributed by atoms with van der Waals surface area (Å²) in [4.78, 5) is 39.8. The second-order valence-corrected chi connectivity index (χ2v) is 11.6. The van der Waals surface area contributed by atoms with Crippen molar-refractivity contribution >= 4 is 43.9 Å². The minimum Gasteiger partial charge on any atom is -0.387 e. The maximum absolute atomic E-state index is 11.8. The minimum atomic E-state index is -4.81. The minimum absolute atomic E-state index is 0.0990. The van der Waals surface area contributed by atoms with Crippen LogP contribution in [0.25, 0.3) is 11.2 Å². The Morgan fingerprint density at radius 1 is 1.29 bits per heavy atom. The first-order valence-electron chi connectivity index (χ1n) is 8.68. The van der Waals surface area contributed by atoms with Crippen LogP contribution in [0.1, 0.15) is 6.23 Å². The van der Waals surface area contributed by atoms with Gasteiger partial charge in [0.1, 0.15) is 23.8 Å². The van der Waals surface area contributed by atoms with E-state index in [9.17, 15) is 24.2 Å². The number of nitrogens with two attached hydrogens (primary N) is 1. The van der Waals surface area contributed by atoms with Crippen molar-refractivity contribution in [3.63, 3.8) is 0 Å². The Kier molecular flexibility index (Phi) is 7.23. The van der Waals surface area contributed by atoms with Crippen LogP contribution in [0, 0.1) is 0 Å². The Morgan fingerprint density at radius 3 is 2.65 bits per heavy atom. The Bertz CT molecular complexity index is 1060. The van der Waals surface area contributed by atoms with Gasteiger partial charge in [-0.25, -0.2) is 15.0 Å². The van der Waals surface area contributed by atoms with Crippen molar-refractivity contribution < 1.29 is 43.3 Å². The standard InChI is InChI=1S/C14H21N5O9P2S/c1-2-3-31-14-17-11(15)8-12(18-14)19(5-16-8)13-10(21)9(20)7(28-13)4-27-30(25,26)6-29(22,23)24/h2,5,7,9-10,13,20-21H,1,3-4,6H2,(H,25,26)(H2,15,17,18)(H2,22,23,24)/t7-,9-,10-,13-/m1/s1. The van der Waals surface area contributed by atoms with E-state index in [1.807, 2.05) is 0 Å². The molecule has 0 radical (unpaired) electrons. The predicted octanol–water partition coefficient (Wildman–Crippen LogP) is -0.357. The molecular formula is C14H21N5O9P2S. The van der Waals surface area contributed by atoms with Crippen molar-refractivity contribution in [3.8, 4) is 0 Å². The first-order valence-corrected chi connectivity index (χ1v) is 13.2. The van der Waals surface area contributed by atoms with Gasteiger partial charge in [-0.15, -0.1) is 6.58 Å². The summed E-state index contributed by atoms with van der Waals surface area (Å²) in [7, 11) is -9.47. The molecule has 2 aromatic heterocycles. The van der Waals surface area contributed by atoms with Gasteiger partial charge in [-0.1, -0.05) is 17.8 Å². The largest absolute Gasteiger partial charge is 0.387 e. The van der Waals surface area contributed by atoms with Gasteiger partial charge in [0.25, 0.3) is 0 Å². The zero-order valence-corrected chi connectivity index (χ0v) is 18.4. The third-order valence-electron chi connectivity index (χ3n) is 4.17. The van der Waals surface area contributed by atoms with E-state index in [4.69, 9.17) is 20.3 Å². The van der Waals surface area contributed by atoms with Crippen molar-refractivity contribution in [2.45, 2.75) is 29.7 Å². The molecule has 3 rings (SSSR count). The molecule has 14 nitrogen and oxygen atoms in total. The van der Waals surface area contributed by atoms with Crippen LogP contribution in [0.3, 0.4) is 0 Å². The van der Waals surface area contributed by atoms with Gasteiger partial charge in [0.15, 0.2) is 28.8 Å². The number of imidazole rings is 1. The molecule has 0 aromatic carbocycles. The van der Waals surface area contributed by atoms with Crippen LogP contribution in [0.15, 0.2) is 24.1 Å². The number of hydrogen-bond donors (Lipinski definition) is 6. The summed E-state index contributed by atoms with van der Waals surface area (Å²) < 4.78 is 34.3. The molecule has 0 aliphatic carbocycles. The van der Waals surface area contributed by atoms with Crippen LogP contribution in [-0.2, 0) is 18.4 Å². The topological polar surface area (TPSA) is 223 Å². The number of fused-ring (bicyclic) bond motifs is 1. The van der Waals surface area contributed by atoms with E-state index in [-0.39, 0.29) is 17.0 Å². The van der Waals surface area contributed by atoms with Crippen LogP contribution in [0.5, 0.6) is 0 Å². The number of hydrogen-bond acceptors (Lipinski definition) is 11. The summed E-state index contributed by atoms with van der Waals surface area (Å²) in [5.74, 6) is -0.764. The first kappa shape index (κ1) is 24.3.